The Labute approximate surface area is 129 Å². The number of anilines is 1. The zero-order valence-electron chi connectivity index (χ0n) is 13.0. The van der Waals surface area contributed by atoms with Crippen LogP contribution in [-0.2, 0) is 4.74 Å². The van der Waals surface area contributed by atoms with Gasteiger partial charge < -0.3 is 15.0 Å². The van der Waals surface area contributed by atoms with Crippen LogP contribution in [0.15, 0.2) is 18.5 Å². The number of ether oxygens (including phenoxy) is 1. The molecule has 118 valence electrons. The lowest BCUT2D eigenvalue weighted by Gasteiger charge is -2.22. The van der Waals surface area contributed by atoms with E-state index in [4.69, 9.17) is 4.74 Å². The summed E-state index contributed by atoms with van der Waals surface area (Å²) in [6.45, 7) is 5.73. The van der Waals surface area contributed by atoms with Gasteiger partial charge in [0.1, 0.15) is 5.65 Å². The summed E-state index contributed by atoms with van der Waals surface area (Å²) in [6.07, 6.45) is 5.35. The van der Waals surface area contributed by atoms with Crippen LogP contribution >= 0.6 is 0 Å². The molecule has 0 atom stereocenters. The van der Waals surface area contributed by atoms with E-state index in [1.807, 2.05) is 26.1 Å². The van der Waals surface area contributed by atoms with Crippen molar-refractivity contribution in [3.8, 4) is 0 Å². The number of aromatic nitrogens is 2. The van der Waals surface area contributed by atoms with Crippen molar-refractivity contribution in [1.82, 2.24) is 15.3 Å². The number of amides is 1. The first-order valence-electron chi connectivity index (χ1n) is 7.79. The largest absolute Gasteiger partial charge is 0.447 e. The van der Waals surface area contributed by atoms with Gasteiger partial charge in [0.2, 0.25) is 0 Å². The molecule has 1 fully saturated rings. The van der Waals surface area contributed by atoms with Gasteiger partial charge in [-0.2, -0.15) is 0 Å². The van der Waals surface area contributed by atoms with Crippen LogP contribution in [0.5, 0.6) is 0 Å². The van der Waals surface area contributed by atoms with E-state index < -0.39 is 6.09 Å². The molecule has 6 heteroatoms. The van der Waals surface area contributed by atoms with E-state index >= 15 is 0 Å². The molecule has 1 aliphatic rings. The van der Waals surface area contributed by atoms with Crippen LogP contribution in [-0.4, -0.2) is 35.3 Å². The third kappa shape index (κ3) is 3.22. The second kappa shape index (κ2) is 6.36. The van der Waals surface area contributed by atoms with Gasteiger partial charge >= 0.3 is 6.09 Å². The van der Waals surface area contributed by atoms with E-state index in [0.717, 1.165) is 37.0 Å². The van der Waals surface area contributed by atoms with Gasteiger partial charge in [0.05, 0.1) is 18.0 Å². The molecule has 3 rings (SSSR count). The minimum atomic E-state index is -0.449. The minimum absolute atomic E-state index is 0.144. The molecule has 22 heavy (non-hydrogen) atoms. The molecule has 6 nitrogen and oxygen atoms in total. The number of piperidine rings is 1. The maximum absolute atomic E-state index is 11.7. The number of carbonyl (C=O) groups is 1. The lowest BCUT2D eigenvalue weighted by molar-refractivity contribution is 0.130. The Morgan fingerprint density at radius 1 is 1.41 bits per heavy atom. The van der Waals surface area contributed by atoms with Gasteiger partial charge in [-0.1, -0.05) is 0 Å². The summed E-state index contributed by atoms with van der Waals surface area (Å²) < 4.78 is 5.10. The number of hydrogen-bond acceptors (Lipinski definition) is 4. The highest BCUT2D eigenvalue weighted by atomic mass is 16.6. The van der Waals surface area contributed by atoms with Crippen LogP contribution in [0.4, 0.5) is 10.5 Å². The lowest BCUT2D eigenvalue weighted by atomic mass is 9.90. The fraction of sp³-hybridized carbons (Fsp3) is 0.500. The summed E-state index contributed by atoms with van der Waals surface area (Å²) in [5, 5.41) is 7.19. The van der Waals surface area contributed by atoms with Gasteiger partial charge in [-0.3, -0.25) is 5.32 Å². The van der Waals surface area contributed by atoms with E-state index in [1.54, 1.807) is 6.20 Å². The van der Waals surface area contributed by atoms with Crippen molar-refractivity contribution in [1.29, 1.82) is 0 Å². The molecule has 3 N–H and O–H groups in total. The Kier molecular flexibility index (Phi) is 4.29. The molecule has 0 bridgehead atoms. The first-order valence-corrected chi connectivity index (χ1v) is 7.79. The van der Waals surface area contributed by atoms with Crippen LogP contribution in [0.1, 0.15) is 38.2 Å². The first-order chi connectivity index (χ1) is 10.6. The summed E-state index contributed by atoms with van der Waals surface area (Å²) in [6, 6.07) is 1.97. The van der Waals surface area contributed by atoms with Crippen molar-refractivity contribution in [3.63, 3.8) is 0 Å². The summed E-state index contributed by atoms with van der Waals surface area (Å²) in [5.74, 6) is 0.537. The summed E-state index contributed by atoms with van der Waals surface area (Å²) in [7, 11) is 0. The highest BCUT2D eigenvalue weighted by molar-refractivity contribution is 5.89. The molecular weight excluding hydrogens is 280 g/mol. The molecule has 0 aromatic carbocycles. The second-order valence-electron chi connectivity index (χ2n) is 5.97. The number of nitrogens with zero attached hydrogens (tertiary/aromatic N) is 1. The molecule has 2 aromatic heterocycles. The number of fused-ring (bicyclic) bond motifs is 1. The van der Waals surface area contributed by atoms with Gasteiger partial charge in [0.15, 0.2) is 0 Å². The SMILES string of the molecule is CC(C)OC(=O)Nc1cnc2[nH]cc(C3CCNCC3)c2c1. The maximum Gasteiger partial charge on any atom is 0.411 e. The zero-order chi connectivity index (χ0) is 15.5. The topological polar surface area (TPSA) is 79.0 Å². The van der Waals surface area contributed by atoms with E-state index in [-0.39, 0.29) is 6.10 Å². The van der Waals surface area contributed by atoms with Crippen molar-refractivity contribution in [2.75, 3.05) is 18.4 Å². The number of aromatic amines is 1. The van der Waals surface area contributed by atoms with Crippen molar-refractivity contribution in [2.24, 2.45) is 0 Å². The number of carbonyl (C=O) groups excluding carboxylic acids is 1. The minimum Gasteiger partial charge on any atom is -0.447 e. The first kappa shape index (κ1) is 14.8. The standard InChI is InChI=1S/C16H22N4O2/c1-10(2)22-16(21)20-12-7-13-14(9-19-15(13)18-8-12)11-3-5-17-6-4-11/h7-11,17H,3-6H2,1-2H3,(H,18,19)(H,20,21). The van der Waals surface area contributed by atoms with Gasteiger partial charge in [-0.05, 0) is 57.3 Å². The van der Waals surface area contributed by atoms with E-state index in [2.05, 4.69) is 20.6 Å². The Balaban J connectivity index is 1.83. The predicted octanol–water partition coefficient (Wildman–Crippen LogP) is 2.99. The molecule has 0 spiro atoms. The zero-order valence-corrected chi connectivity index (χ0v) is 13.0. The molecule has 1 amide bonds. The quantitative estimate of drug-likeness (QED) is 0.814. The molecule has 0 aliphatic carbocycles. The molecular formula is C16H22N4O2. The fourth-order valence-electron chi connectivity index (χ4n) is 2.92. The van der Waals surface area contributed by atoms with E-state index in [1.165, 1.54) is 5.56 Å². The van der Waals surface area contributed by atoms with Gasteiger partial charge in [-0.25, -0.2) is 9.78 Å². The molecule has 3 heterocycles. The molecule has 1 aliphatic heterocycles. The highest BCUT2D eigenvalue weighted by Gasteiger charge is 2.19. The number of nitrogens with one attached hydrogen (secondary N) is 3. The number of pyridine rings is 1. The third-order valence-electron chi connectivity index (χ3n) is 3.93. The number of H-pyrrole nitrogens is 1. The van der Waals surface area contributed by atoms with Crippen molar-refractivity contribution in [2.45, 2.75) is 38.7 Å². The Morgan fingerprint density at radius 3 is 2.91 bits per heavy atom. The summed E-state index contributed by atoms with van der Waals surface area (Å²) in [5.41, 5.74) is 2.80. The van der Waals surface area contributed by atoms with Gasteiger partial charge in [0, 0.05) is 11.6 Å². The van der Waals surface area contributed by atoms with Crippen LogP contribution in [0.2, 0.25) is 0 Å². The molecule has 0 radical (unpaired) electrons. The lowest BCUT2D eigenvalue weighted by Crippen LogP contribution is -2.26. The van der Waals surface area contributed by atoms with E-state index in [9.17, 15) is 4.79 Å². The van der Waals surface area contributed by atoms with Gasteiger partial charge in [-0.15, -0.1) is 0 Å². The van der Waals surface area contributed by atoms with Crippen LogP contribution < -0.4 is 10.6 Å². The summed E-state index contributed by atoms with van der Waals surface area (Å²) in [4.78, 5) is 19.3. The van der Waals surface area contributed by atoms with E-state index in [0.29, 0.717) is 11.6 Å². The maximum atomic E-state index is 11.7. The van der Waals surface area contributed by atoms with Crippen LogP contribution in [0.25, 0.3) is 11.0 Å². The molecule has 2 aromatic rings. The highest BCUT2D eigenvalue weighted by Crippen LogP contribution is 2.31. The van der Waals surface area contributed by atoms with Crippen LogP contribution in [0.3, 0.4) is 0 Å². The number of hydrogen-bond donors (Lipinski definition) is 3. The summed E-state index contributed by atoms with van der Waals surface area (Å²) >= 11 is 0. The fourth-order valence-corrected chi connectivity index (χ4v) is 2.92. The second-order valence-corrected chi connectivity index (χ2v) is 5.97. The average Bonchev–Trinajstić information content (AvgIpc) is 2.90. The predicted molar refractivity (Wildman–Crippen MR) is 86.2 cm³/mol. The Bertz CT molecular complexity index is 659. The molecule has 0 unspecified atom stereocenters. The van der Waals surface area contributed by atoms with Crippen molar-refractivity contribution < 1.29 is 9.53 Å². The molecule has 1 saturated heterocycles. The third-order valence-corrected chi connectivity index (χ3v) is 3.93. The molecule has 0 saturated carbocycles. The van der Waals surface area contributed by atoms with Crippen LogP contribution in [0, 0.1) is 0 Å². The Hall–Kier alpha value is -2.08. The average molecular weight is 302 g/mol. The number of rotatable bonds is 3. The monoisotopic (exact) mass is 302 g/mol. The smallest absolute Gasteiger partial charge is 0.411 e. The van der Waals surface area contributed by atoms with Gasteiger partial charge in [0.25, 0.3) is 0 Å². The normalized spacial score (nSPS) is 16.1. The van der Waals surface area contributed by atoms with Crippen molar-refractivity contribution in [3.05, 3.63) is 24.0 Å². The Morgan fingerprint density at radius 2 is 2.18 bits per heavy atom. The van der Waals surface area contributed by atoms with Crippen molar-refractivity contribution >= 4 is 22.8 Å².